The van der Waals surface area contributed by atoms with Crippen molar-refractivity contribution in [2.24, 2.45) is 5.41 Å². The molecule has 0 N–H and O–H groups in total. The number of unbranched alkanes of at least 4 members (excludes halogenated alkanes) is 1. The quantitative estimate of drug-likeness (QED) is 0.209. The topological polar surface area (TPSA) is 113 Å². The molecule has 0 aliphatic carbocycles. The Hall–Kier alpha value is -3.29. The summed E-state index contributed by atoms with van der Waals surface area (Å²) in [5, 5.41) is 0. The van der Waals surface area contributed by atoms with Crippen molar-refractivity contribution in [3.63, 3.8) is 0 Å². The van der Waals surface area contributed by atoms with E-state index in [2.05, 4.69) is 4.98 Å². The van der Waals surface area contributed by atoms with E-state index in [4.69, 9.17) is 13.9 Å². The Labute approximate surface area is 193 Å². The highest BCUT2D eigenvalue weighted by atomic mass is 16.6. The number of benzene rings is 1. The number of nitrogens with zero attached hydrogens (tertiary/aromatic N) is 1. The third-order valence-corrected chi connectivity index (χ3v) is 5.07. The van der Waals surface area contributed by atoms with Gasteiger partial charge < -0.3 is 13.9 Å². The van der Waals surface area contributed by atoms with Crippen molar-refractivity contribution < 1.29 is 33.1 Å². The lowest BCUT2D eigenvalue weighted by Crippen LogP contribution is -2.48. The molecule has 178 valence electrons. The molecular weight excluding hydrogens is 426 g/mol. The van der Waals surface area contributed by atoms with Gasteiger partial charge >= 0.3 is 11.9 Å². The molecule has 33 heavy (non-hydrogen) atoms. The van der Waals surface area contributed by atoms with Crippen LogP contribution in [0.15, 0.2) is 41.3 Å². The number of rotatable bonds is 11. The van der Waals surface area contributed by atoms with Gasteiger partial charge in [0.05, 0.1) is 12.8 Å². The first kappa shape index (κ1) is 26.0. The lowest BCUT2D eigenvalue weighted by molar-refractivity contribution is -0.167. The number of hydrogen-bond donors (Lipinski definition) is 0. The van der Waals surface area contributed by atoms with Crippen LogP contribution in [-0.2, 0) is 23.9 Å². The highest BCUT2D eigenvalue weighted by Crippen LogP contribution is 2.35. The summed E-state index contributed by atoms with van der Waals surface area (Å²) in [4.78, 5) is 55.5. The fourth-order valence-electron chi connectivity index (χ4n) is 3.46. The molecule has 0 bridgehead atoms. The first-order valence-electron chi connectivity index (χ1n) is 10.9. The zero-order valence-corrected chi connectivity index (χ0v) is 19.8. The van der Waals surface area contributed by atoms with E-state index in [0.29, 0.717) is 17.7 Å². The molecule has 1 heterocycles. The molecule has 0 aliphatic rings. The van der Waals surface area contributed by atoms with Crippen molar-refractivity contribution in [1.82, 2.24) is 4.98 Å². The Kier molecular flexibility index (Phi) is 8.68. The van der Waals surface area contributed by atoms with Crippen LogP contribution in [0.4, 0.5) is 0 Å². The zero-order valence-electron chi connectivity index (χ0n) is 19.8. The predicted octanol–water partition coefficient (Wildman–Crippen LogP) is 4.56. The van der Waals surface area contributed by atoms with Gasteiger partial charge in [-0.25, -0.2) is 4.98 Å². The van der Waals surface area contributed by atoms with E-state index in [-0.39, 0.29) is 37.4 Å². The summed E-state index contributed by atoms with van der Waals surface area (Å²) < 4.78 is 15.7. The van der Waals surface area contributed by atoms with Crippen molar-refractivity contribution in [3.05, 3.63) is 42.4 Å². The number of esters is 2. The molecule has 0 amide bonds. The number of ether oxygens (including phenoxy) is 2. The van der Waals surface area contributed by atoms with Crippen molar-refractivity contribution in [2.45, 2.75) is 65.9 Å². The largest absolute Gasteiger partial charge is 0.466 e. The molecule has 2 rings (SSSR count). The van der Waals surface area contributed by atoms with E-state index in [0.717, 1.165) is 0 Å². The minimum absolute atomic E-state index is 0.0813. The molecule has 0 radical (unpaired) electrons. The van der Waals surface area contributed by atoms with E-state index >= 15 is 0 Å². The maximum absolute atomic E-state index is 13.7. The number of ketones is 2. The molecule has 0 aliphatic heterocycles. The van der Waals surface area contributed by atoms with Gasteiger partial charge in [0, 0.05) is 17.5 Å². The van der Waals surface area contributed by atoms with Gasteiger partial charge in [0.1, 0.15) is 5.60 Å². The maximum Gasteiger partial charge on any atom is 0.328 e. The summed E-state index contributed by atoms with van der Waals surface area (Å²) in [6.45, 7) is 8.22. The third-order valence-electron chi connectivity index (χ3n) is 5.07. The van der Waals surface area contributed by atoms with Crippen LogP contribution in [-0.4, -0.2) is 40.7 Å². The van der Waals surface area contributed by atoms with Gasteiger partial charge in [-0.3, -0.25) is 19.2 Å². The fourth-order valence-corrected chi connectivity index (χ4v) is 3.46. The van der Waals surface area contributed by atoms with Gasteiger partial charge in [-0.15, -0.1) is 0 Å². The van der Waals surface area contributed by atoms with E-state index in [1.807, 2.05) is 0 Å². The van der Waals surface area contributed by atoms with Crippen LogP contribution < -0.4 is 0 Å². The Bertz CT molecular complexity index is 988. The molecule has 0 saturated carbocycles. The normalized spacial score (nSPS) is 13.1. The fraction of sp³-hybridized carbons (Fsp3) is 0.480. The lowest BCUT2D eigenvalue weighted by atomic mass is 9.72. The summed E-state index contributed by atoms with van der Waals surface area (Å²) in [5.74, 6) is -2.07. The molecule has 1 aromatic heterocycles. The SMILES string of the molecule is CCOC(=O)CCCCC(C(C)=O)(C(=O)OC(C)(C)C)C(=O)c1cccc(-c2cnco2)c1. The van der Waals surface area contributed by atoms with Gasteiger partial charge in [-0.2, -0.15) is 0 Å². The Balaban J connectivity index is 2.40. The molecule has 0 spiro atoms. The molecule has 1 atom stereocenters. The number of carbonyl (C=O) groups excluding carboxylic acids is 4. The van der Waals surface area contributed by atoms with E-state index < -0.39 is 28.6 Å². The van der Waals surface area contributed by atoms with Gasteiger partial charge in [-0.05, 0) is 53.5 Å². The molecule has 0 fully saturated rings. The Morgan fingerprint density at radius 1 is 1.09 bits per heavy atom. The molecule has 1 aromatic carbocycles. The molecule has 1 unspecified atom stereocenters. The maximum atomic E-state index is 13.7. The summed E-state index contributed by atoms with van der Waals surface area (Å²) in [6.07, 6.45) is 3.47. The number of oxazole rings is 1. The predicted molar refractivity (Wildman–Crippen MR) is 120 cm³/mol. The van der Waals surface area contributed by atoms with Crippen LogP contribution in [0.25, 0.3) is 11.3 Å². The average molecular weight is 458 g/mol. The zero-order chi connectivity index (χ0) is 24.6. The number of carbonyl (C=O) groups is 4. The molecular formula is C25H31NO7. The summed E-state index contributed by atoms with van der Waals surface area (Å²) in [7, 11) is 0. The van der Waals surface area contributed by atoms with Crippen LogP contribution in [0.1, 0.15) is 70.7 Å². The van der Waals surface area contributed by atoms with E-state index in [1.165, 1.54) is 19.5 Å². The van der Waals surface area contributed by atoms with Crippen LogP contribution >= 0.6 is 0 Å². The summed E-state index contributed by atoms with van der Waals surface area (Å²) in [6, 6.07) is 6.48. The van der Waals surface area contributed by atoms with Gasteiger partial charge in [0.2, 0.25) is 0 Å². The first-order chi connectivity index (χ1) is 15.5. The molecule has 8 nitrogen and oxygen atoms in total. The first-order valence-corrected chi connectivity index (χ1v) is 10.9. The van der Waals surface area contributed by atoms with E-state index in [9.17, 15) is 19.2 Å². The second kappa shape index (κ2) is 11.0. The van der Waals surface area contributed by atoms with Crippen molar-refractivity contribution in [2.75, 3.05) is 6.61 Å². The number of aromatic nitrogens is 1. The lowest BCUT2D eigenvalue weighted by Gasteiger charge is -2.31. The third kappa shape index (κ3) is 6.60. The smallest absolute Gasteiger partial charge is 0.328 e. The number of Topliss-reactive ketones (excluding diaryl/α,β-unsaturated/α-hetero) is 2. The van der Waals surface area contributed by atoms with Crippen LogP contribution in [0.3, 0.4) is 0 Å². The number of hydrogen-bond acceptors (Lipinski definition) is 8. The minimum atomic E-state index is -2.03. The van der Waals surface area contributed by atoms with E-state index in [1.54, 1.807) is 52.0 Å². The highest BCUT2D eigenvalue weighted by Gasteiger charge is 2.52. The summed E-state index contributed by atoms with van der Waals surface area (Å²) >= 11 is 0. The summed E-state index contributed by atoms with van der Waals surface area (Å²) in [5.41, 5.74) is -2.16. The van der Waals surface area contributed by atoms with Gasteiger partial charge in [0.25, 0.3) is 0 Å². The van der Waals surface area contributed by atoms with Gasteiger partial charge in [-0.1, -0.05) is 24.6 Å². The molecule has 0 saturated heterocycles. The van der Waals surface area contributed by atoms with Crippen molar-refractivity contribution in [1.29, 1.82) is 0 Å². The van der Waals surface area contributed by atoms with Crippen LogP contribution in [0, 0.1) is 5.41 Å². The van der Waals surface area contributed by atoms with Crippen LogP contribution in [0.2, 0.25) is 0 Å². The Morgan fingerprint density at radius 2 is 1.82 bits per heavy atom. The van der Waals surface area contributed by atoms with Crippen LogP contribution in [0.5, 0.6) is 0 Å². The van der Waals surface area contributed by atoms with Crippen molar-refractivity contribution >= 4 is 23.5 Å². The second-order valence-corrected chi connectivity index (χ2v) is 8.75. The monoisotopic (exact) mass is 457 g/mol. The molecule has 8 heteroatoms. The Morgan fingerprint density at radius 3 is 2.39 bits per heavy atom. The highest BCUT2D eigenvalue weighted by molar-refractivity contribution is 6.26. The second-order valence-electron chi connectivity index (χ2n) is 8.75. The average Bonchev–Trinajstić information content (AvgIpc) is 3.27. The van der Waals surface area contributed by atoms with Crippen molar-refractivity contribution in [3.8, 4) is 11.3 Å². The standard InChI is InChI=1S/C25H31NO7/c1-6-31-21(28)12-7-8-13-25(17(2)27,23(30)33-24(3,4)5)22(29)19-11-9-10-18(14-19)20-15-26-16-32-20/h9-11,14-16H,6-8,12-13H2,1-5H3. The minimum Gasteiger partial charge on any atom is -0.466 e. The van der Waals surface area contributed by atoms with Gasteiger partial charge in [0.15, 0.2) is 29.1 Å². The molecule has 2 aromatic rings.